The lowest BCUT2D eigenvalue weighted by atomic mass is 9.82. The quantitative estimate of drug-likeness (QED) is 0.196. The zero-order valence-electron chi connectivity index (χ0n) is 22.8. The number of benzene rings is 7. The van der Waals surface area contributed by atoms with Gasteiger partial charge in [-0.2, -0.15) is 0 Å². The standard InChI is InChI=1S/C39H25NO/c1-39(2)31-13-5-3-9-24(31)29-20-30-25-10-4-6-14-33(25)40(34(30)21-32(29)39)22-17-18-23-26-11-7-15-35-37(26)38-27(28(23)19-22)12-8-16-36(38)41-35/h3-21H,1-2H3. The Morgan fingerprint density at radius 1 is 0.488 bits per heavy atom. The number of fused-ring (bicyclic) bond motifs is 9. The SMILES string of the molecule is CC1(C)c2ccccc2-c2cc3c4ccccc4n(-c4ccc5c(c4)c4cccc6oc7cccc5c7c64)c3cc21. The molecule has 2 nitrogen and oxygen atoms in total. The number of nitrogens with zero attached hydrogens (tertiary/aromatic N) is 1. The summed E-state index contributed by atoms with van der Waals surface area (Å²) >= 11 is 0. The molecule has 0 saturated heterocycles. The van der Waals surface area contributed by atoms with Crippen LogP contribution in [-0.2, 0) is 5.41 Å². The largest absolute Gasteiger partial charge is 0.456 e. The Morgan fingerprint density at radius 3 is 2.02 bits per heavy atom. The second-order valence-corrected chi connectivity index (χ2v) is 12.1. The first-order chi connectivity index (χ1) is 20.1. The minimum absolute atomic E-state index is 0.0523. The lowest BCUT2D eigenvalue weighted by molar-refractivity contribution is 0.661. The van der Waals surface area contributed by atoms with Crippen LogP contribution in [0.2, 0.25) is 0 Å². The molecule has 192 valence electrons. The molecule has 2 heterocycles. The normalized spacial score (nSPS) is 14.3. The molecule has 0 radical (unpaired) electrons. The van der Waals surface area contributed by atoms with E-state index in [-0.39, 0.29) is 5.41 Å². The first kappa shape index (κ1) is 21.7. The van der Waals surface area contributed by atoms with Crippen LogP contribution in [0, 0.1) is 0 Å². The molecule has 1 aliphatic carbocycles. The highest BCUT2D eigenvalue weighted by Gasteiger charge is 2.36. The summed E-state index contributed by atoms with van der Waals surface area (Å²) in [4.78, 5) is 0. The fraction of sp³-hybridized carbons (Fsp3) is 0.0769. The number of furan rings is 1. The van der Waals surface area contributed by atoms with E-state index < -0.39 is 0 Å². The molecule has 0 atom stereocenters. The minimum Gasteiger partial charge on any atom is -0.456 e. The highest BCUT2D eigenvalue weighted by atomic mass is 16.3. The van der Waals surface area contributed by atoms with Gasteiger partial charge in [-0.25, -0.2) is 0 Å². The molecule has 0 N–H and O–H groups in total. The van der Waals surface area contributed by atoms with Crippen LogP contribution < -0.4 is 0 Å². The third-order valence-electron chi connectivity index (χ3n) is 9.74. The Labute approximate surface area is 236 Å². The van der Waals surface area contributed by atoms with E-state index in [4.69, 9.17) is 4.42 Å². The number of hydrogen-bond acceptors (Lipinski definition) is 1. The van der Waals surface area contributed by atoms with Gasteiger partial charge >= 0.3 is 0 Å². The van der Waals surface area contributed by atoms with Crippen molar-refractivity contribution in [3.63, 3.8) is 0 Å². The first-order valence-corrected chi connectivity index (χ1v) is 14.4. The van der Waals surface area contributed by atoms with Gasteiger partial charge in [0, 0.05) is 32.6 Å². The monoisotopic (exact) mass is 523 g/mol. The van der Waals surface area contributed by atoms with Crippen molar-refractivity contribution >= 4 is 65.3 Å². The van der Waals surface area contributed by atoms with Crippen LogP contribution in [0.15, 0.2) is 120 Å². The van der Waals surface area contributed by atoms with Gasteiger partial charge < -0.3 is 8.98 Å². The summed E-state index contributed by atoms with van der Waals surface area (Å²) in [5.41, 5.74) is 11.1. The van der Waals surface area contributed by atoms with E-state index in [1.165, 1.54) is 82.1 Å². The molecular formula is C39H25NO. The summed E-state index contributed by atoms with van der Waals surface area (Å²) in [5, 5.41) is 10.1. The Balaban J connectivity index is 1.34. The molecule has 0 spiro atoms. The zero-order chi connectivity index (χ0) is 27.0. The maximum atomic E-state index is 6.29. The Morgan fingerprint density at radius 2 is 1.20 bits per heavy atom. The van der Waals surface area contributed by atoms with Crippen molar-refractivity contribution < 1.29 is 4.42 Å². The number of rotatable bonds is 1. The molecule has 10 rings (SSSR count). The van der Waals surface area contributed by atoms with Gasteiger partial charge in [-0.3, -0.25) is 0 Å². The molecule has 0 aliphatic heterocycles. The van der Waals surface area contributed by atoms with Crippen molar-refractivity contribution in [1.82, 2.24) is 4.57 Å². The van der Waals surface area contributed by atoms with Gasteiger partial charge in [0.15, 0.2) is 0 Å². The maximum absolute atomic E-state index is 6.29. The molecule has 2 aromatic heterocycles. The Bertz CT molecular complexity index is 2560. The van der Waals surface area contributed by atoms with Crippen molar-refractivity contribution in [1.29, 1.82) is 0 Å². The summed E-state index contributed by atoms with van der Waals surface area (Å²) < 4.78 is 8.75. The first-order valence-electron chi connectivity index (χ1n) is 14.4. The molecule has 41 heavy (non-hydrogen) atoms. The average Bonchev–Trinajstić information content (AvgIpc) is 3.62. The number of aromatic nitrogens is 1. The summed E-state index contributed by atoms with van der Waals surface area (Å²) in [6.07, 6.45) is 0. The van der Waals surface area contributed by atoms with Crippen LogP contribution in [0.1, 0.15) is 25.0 Å². The predicted molar refractivity (Wildman–Crippen MR) is 172 cm³/mol. The molecular weight excluding hydrogens is 498 g/mol. The number of para-hydroxylation sites is 1. The fourth-order valence-electron chi connectivity index (χ4n) is 7.89. The second kappa shape index (κ2) is 7.16. The molecule has 9 aromatic rings. The van der Waals surface area contributed by atoms with Crippen molar-refractivity contribution in [2.45, 2.75) is 19.3 Å². The van der Waals surface area contributed by atoms with Gasteiger partial charge in [0.2, 0.25) is 0 Å². The van der Waals surface area contributed by atoms with Crippen LogP contribution in [0.4, 0.5) is 0 Å². The maximum Gasteiger partial charge on any atom is 0.136 e. The highest BCUT2D eigenvalue weighted by Crippen LogP contribution is 2.51. The van der Waals surface area contributed by atoms with Gasteiger partial charge in [-0.1, -0.05) is 86.6 Å². The van der Waals surface area contributed by atoms with Gasteiger partial charge in [0.05, 0.1) is 11.0 Å². The van der Waals surface area contributed by atoms with Crippen LogP contribution in [0.25, 0.3) is 82.1 Å². The summed E-state index contributed by atoms with van der Waals surface area (Å²) in [7, 11) is 0. The van der Waals surface area contributed by atoms with Gasteiger partial charge in [0.1, 0.15) is 11.2 Å². The molecule has 1 aliphatic rings. The summed E-state index contributed by atoms with van der Waals surface area (Å²) in [6.45, 7) is 4.72. The van der Waals surface area contributed by atoms with Gasteiger partial charge in [0.25, 0.3) is 0 Å². The number of hydrogen-bond donors (Lipinski definition) is 0. The second-order valence-electron chi connectivity index (χ2n) is 12.1. The van der Waals surface area contributed by atoms with Crippen LogP contribution in [0.3, 0.4) is 0 Å². The van der Waals surface area contributed by atoms with E-state index in [0.717, 1.165) is 11.2 Å². The Kier molecular flexibility index (Phi) is 3.79. The summed E-state index contributed by atoms with van der Waals surface area (Å²) in [5.74, 6) is 0. The van der Waals surface area contributed by atoms with Crippen molar-refractivity contribution in [3.05, 3.63) is 126 Å². The van der Waals surface area contributed by atoms with E-state index in [1.807, 2.05) is 0 Å². The van der Waals surface area contributed by atoms with Crippen molar-refractivity contribution in [2.24, 2.45) is 0 Å². The predicted octanol–water partition coefficient (Wildman–Crippen LogP) is 10.7. The van der Waals surface area contributed by atoms with E-state index in [1.54, 1.807) is 0 Å². The highest BCUT2D eigenvalue weighted by molar-refractivity contribution is 6.33. The van der Waals surface area contributed by atoms with Crippen LogP contribution >= 0.6 is 0 Å². The van der Waals surface area contributed by atoms with Crippen molar-refractivity contribution in [3.8, 4) is 16.8 Å². The van der Waals surface area contributed by atoms with E-state index in [0.29, 0.717) is 0 Å². The zero-order valence-corrected chi connectivity index (χ0v) is 22.8. The minimum atomic E-state index is -0.0523. The van der Waals surface area contributed by atoms with E-state index in [9.17, 15) is 0 Å². The molecule has 0 bridgehead atoms. The van der Waals surface area contributed by atoms with Crippen molar-refractivity contribution in [2.75, 3.05) is 0 Å². The molecule has 7 aromatic carbocycles. The molecule has 0 unspecified atom stereocenters. The van der Waals surface area contributed by atoms with Gasteiger partial charge in [-0.05, 0) is 86.3 Å². The lowest BCUT2D eigenvalue weighted by Crippen LogP contribution is -2.14. The van der Waals surface area contributed by atoms with E-state index >= 15 is 0 Å². The third-order valence-corrected chi connectivity index (χ3v) is 9.74. The lowest BCUT2D eigenvalue weighted by Gasteiger charge is -2.21. The third kappa shape index (κ3) is 2.55. The Hall–Kier alpha value is -5.08. The molecule has 0 saturated carbocycles. The summed E-state index contributed by atoms with van der Waals surface area (Å²) in [6, 6.07) is 42.5. The van der Waals surface area contributed by atoms with Gasteiger partial charge in [-0.15, -0.1) is 0 Å². The topological polar surface area (TPSA) is 18.1 Å². The molecule has 2 heteroatoms. The van der Waals surface area contributed by atoms with E-state index in [2.05, 4.69) is 134 Å². The average molecular weight is 524 g/mol. The van der Waals surface area contributed by atoms with Crippen LogP contribution in [-0.4, -0.2) is 4.57 Å². The smallest absolute Gasteiger partial charge is 0.136 e. The molecule has 0 fully saturated rings. The molecule has 0 amide bonds. The fourth-order valence-corrected chi connectivity index (χ4v) is 7.89. The van der Waals surface area contributed by atoms with Crippen LogP contribution in [0.5, 0.6) is 0 Å².